The second-order valence-corrected chi connectivity index (χ2v) is 5.64. The van der Waals surface area contributed by atoms with Gasteiger partial charge in [-0.3, -0.25) is 4.98 Å². The molecule has 1 aliphatic rings. The van der Waals surface area contributed by atoms with Crippen molar-refractivity contribution >= 4 is 5.69 Å². The number of nitrogens with one attached hydrogen (secondary N) is 1. The number of hydrogen-bond donors (Lipinski definition) is 1. The fraction of sp³-hybridized carbons (Fsp3) is 0.353. The average Bonchev–Trinajstić information content (AvgIpc) is 3.32. The van der Waals surface area contributed by atoms with E-state index in [1.165, 1.54) is 25.0 Å². The Bertz CT molecular complexity index is 593. The number of benzene rings is 1. The van der Waals surface area contributed by atoms with Crippen LogP contribution in [0.5, 0.6) is 0 Å². The van der Waals surface area contributed by atoms with Gasteiger partial charge in [-0.2, -0.15) is 0 Å². The Morgan fingerprint density at radius 1 is 1.24 bits per heavy atom. The Labute approximate surface area is 124 Å². The number of aromatic nitrogens is 1. The average molecular weight is 285 g/mol. The molecule has 1 fully saturated rings. The first kappa shape index (κ1) is 14.0. The van der Waals surface area contributed by atoms with Gasteiger partial charge in [-0.1, -0.05) is 12.1 Å². The van der Waals surface area contributed by atoms with Crippen LogP contribution in [0.2, 0.25) is 0 Å². The first-order valence-corrected chi connectivity index (χ1v) is 7.34. The standard InChI is InChI=1S/C17H20FN3/c1-21(12-13-2-4-14(18)5-3-13)17-8-9-19-16(10-17)11-20-15-6-7-15/h2-5,8-10,15,20H,6-7,11-12H2,1H3. The Balaban J connectivity index is 1.63. The number of halogens is 1. The molecule has 3 rings (SSSR count). The van der Waals surface area contributed by atoms with Crippen LogP contribution in [0.25, 0.3) is 0 Å². The number of nitrogens with zero attached hydrogens (tertiary/aromatic N) is 2. The van der Waals surface area contributed by atoms with Crippen molar-refractivity contribution in [1.29, 1.82) is 0 Å². The summed E-state index contributed by atoms with van der Waals surface area (Å²) in [5, 5.41) is 3.47. The van der Waals surface area contributed by atoms with Gasteiger partial charge in [-0.05, 0) is 42.7 Å². The first-order valence-electron chi connectivity index (χ1n) is 7.34. The maximum absolute atomic E-state index is 12.9. The molecule has 0 unspecified atom stereocenters. The number of hydrogen-bond acceptors (Lipinski definition) is 3. The minimum atomic E-state index is -0.196. The van der Waals surface area contributed by atoms with Gasteiger partial charge in [0.2, 0.25) is 0 Å². The summed E-state index contributed by atoms with van der Waals surface area (Å²) >= 11 is 0. The van der Waals surface area contributed by atoms with Crippen molar-refractivity contribution in [3.8, 4) is 0 Å². The van der Waals surface area contributed by atoms with Gasteiger partial charge >= 0.3 is 0 Å². The van der Waals surface area contributed by atoms with Gasteiger partial charge in [0.1, 0.15) is 5.82 Å². The molecular formula is C17H20FN3. The molecule has 0 aliphatic heterocycles. The third-order valence-electron chi connectivity index (χ3n) is 3.72. The smallest absolute Gasteiger partial charge is 0.123 e. The van der Waals surface area contributed by atoms with E-state index in [-0.39, 0.29) is 5.82 Å². The molecule has 0 atom stereocenters. The zero-order valence-corrected chi connectivity index (χ0v) is 12.2. The van der Waals surface area contributed by atoms with Gasteiger partial charge in [-0.25, -0.2) is 4.39 Å². The molecule has 1 heterocycles. The molecule has 1 aliphatic carbocycles. The van der Waals surface area contributed by atoms with Crippen molar-refractivity contribution in [2.75, 3.05) is 11.9 Å². The minimum Gasteiger partial charge on any atom is -0.370 e. The van der Waals surface area contributed by atoms with E-state index >= 15 is 0 Å². The van der Waals surface area contributed by atoms with E-state index in [1.54, 1.807) is 0 Å². The maximum atomic E-state index is 12.9. The van der Waals surface area contributed by atoms with Gasteiger partial charge in [-0.15, -0.1) is 0 Å². The van der Waals surface area contributed by atoms with Crippen LogP contribution in [0.3, 0.4) is 0 Å². The fourth-order valence-corrected chi connectivity index (χ4v) is 2.29. The highest BCUT2D eigenvalue weighted by molar-refractivity contribution is 5.46. The first-order chi connectivity index (χ1) is 10.2. The van der Waals surface area contributed by atoms with Crippen molar-refractivity contribution in [2.45, 2.75) is 32.0 Å². The SMILES string of the molecule is CN(Cc1ccc(F)cc1)c1ccnc(CNC2CC2)c1. The molecule has 3 nitrogen and oxygen atoms in total. The lowest BCUT2D eigenvalue weighted by Gasteiger charge is -2.20. The molecule has 0 radical (unpaired) electrons. The normalized spacial score (nSPS) is 14.2. The largest absolute Gasteiger partial charge is 0.370 e. The molecule has 4 heteroatoms. The van der Waals surface area contributed by atoms with E-state index in [9.17, 15) is 4.39 Å². The van der Waals surface area contributed by atoms with E-state index in [0.29, 0.717) is 6.04 Å². The molecule has 1 saturated carbocycles. The Kier molecular flexibility index (Phi) is 4.15. The molecule has 2 aromatic rings. The van der Waals surface area contributed by atoms with Crippen LogP contribution in [0, 0.1) is 5.82 Å². The van der Waals surface area contributed by atoms with Crippen LogP contribution in [0.1, 0.15) is 24.1 Å². The molecule has 0 bridgehead atoms. The van der Waals surface area contributed by atoms with Gasteiger partial charge in [0.05, 0.1) is 5.69 Å². The molecular weight excluding hydrogens is 265 g/mol. The van der Waals surface area contributed by atoms with Crippen LogP contribution in [-0.2, 0) is 13.1 Å². The van der Waals surface area contributed by atoms with Crippen molar-refractivity contribution in [3.63, 3.8) is 0 Å². The monoisotopic (exact) mass is 285 g/mol. The Morgan fingerprint density at radius 3 is 2.71 bits per heavy atom. The fourth-order valence-electron chi connectivity index (χ4n) is 2.29. The highest BCUT2D eigenvalue weighted by Crippen LogP contribution is 2.20. The Morgan fingerprint density at radius 2 is 2.00 bits per heavy atom. The van der Waals surface area contributed by atoms with Crippen LogP contribution in [-0.4, -0.2) is 18.1 Å². The lowest BCUT2D eigenvalue weighted by molar-refractivity contribution is 0.627. The van der Waals surface area contributed by atoms with Crippen molar-refractivity contribution in [2.24, 2.45) is 0 Å². The number of pyridine rings is 1. The summed E-state index contributed by atoms with van der Waals surface area (Å²) in [7, 11) is 2.04. The third-order valence-corrected chi connectivity index (χ3v) is 3.72. The molecule has 0 spiro atoms. The van der Waals surface area contributed by atoms with Crippen LogP contribution in [0.15, 0.2) is 42.6 Å². The van der Waals surface area contributed by atoms with Gasteiger partial charge in [0.25, 0.3) is 0 Å². The van der Waals surface area contributed by atoms with E-state index < -0.39 is 0 Å². The number of anilines is 1. The molecule has 110 valence electrons. The molecule has 21 heavy (non-hydrogen) atoms. The second-order valence-electron chi connectivity index (χ2n) is 5.64. The van der Waals surface area contributed by atoms with Gasteiger partial charge in [0, 0.05) is 38.1 Å². The zero-order valence-electron chi connectivity index (χ0n) is 12.2. The summed E-state index contributed by atoms with van der Waals surface area (Å²) in [4.78, 5) is 6.55. The predicted octanol–water partition coefficient (Wildman–Crippen LogP) is 3.11. The summed E-state index contributed by atoms with van der Waals surface area (Å²) in [6.45, 7) is 1.57. The zero-order chi connectivity index (χ0) is 14.7. The molecule has 1 aromatic heterocycles. The quantitative estimate of drug-likeness (QED) is 0.884. The summed E-state index contributed by atoms with van der Waals surface area (Å²) in [5.41, 5.74) is 3.28. The summed E-state index contributed by atoms with van der Waals surface area (Å²) < 4.78 is 12.9. The topological polar surface area (TPSA) is 28.2 Å². The van der Waals surface area contributed by atoms with Crippen molar-refractivity contribution < 1.29 is 4.39 Å². The summed E-state index contributed by atoms with van der Waals surface area (Å²) in [6.07, 6.45) is 4.41. The van der Waals surface area contributed by atoms with Crippen LogP contribution >= 0.6 is 0 Å². The Hall–Kier alpha value is -1.94. The highest BCUT2D eigenvalue weighted by atomic mass is 19.1. The van der Waals surface area contributed by atoms with E-state index in [2.05, 4.69) is 21.3 Å². The van der Waals surface area contributed by atoms with E-state index in [4.69, 9.17) is 0 Å². The molecule has 0 saturated heterocycles. The van der Waals surface area contributed by atoms with E-state index in [0.717, 1.165) is 30.0 Å². The summed E-state index contributed by atoms with van der Waals surface area (Å²) in [5.74, 6) is -0.196. The molecule has 0 amide bonds. The van der Waals surface area contributed by atoms with Crippen LogP contribution < -0.4 is 10.2 Å². The van der Waals surface area contributed by atoms with Crippen LogP contribution in [0.4, 0.5) is 10.1 Å². The molecule has 1 aromatic carbocycles. The van der Waals surface area contributed by atoms with Gasteiger partial charge < -0.3 is 10.2 Å². The second kappa shape index (κ2) is 6.22. The minimum absolute atomic E-state index is 0.196. The lowest BCUT2D eigenvalue weighted by Crippen LogP contribution is -2.19. The maximum Gasteiger partial charge on any atom is 0.123 e. The number of rotatable bonds is 6. The van der Waals surface area contributed by atoms with Crippen molar-refractivity contribution in [1.82, 2.24) is 10.3 Å². The van der Waals surface area contributed by atoms with E-state index in [1.807, 2.05) is 31.4 Å². The van der Waals surface area contributed by atoms with Gasteiger partial charge in [0.15, 0.2) is 0 Å². The third kappa shape index (κ3) is 4.02. The van der Waals surface area contributed by atoms with Crippen molar-refractivity contribution in [3.05, 3.63) is 59.7 Å². The predicted molar refractivity (Wildman–Crippen MR) is 82.6 cm³/mol. The highest BCUT2D eigenvalue weighted by Gasteiger charge is 2.20. The summed E-state index contributed by atoms with van der Waals surface area (Å²) in [6, 6.07) is 11.4. The molecule has 1 N–H and O–H groups in total. The lowest BCUT2D eigenvalue weighted by atomic mass is 10.2.